The Morgan fingerprint density at radius 2 is 1.64 bits per heavy atom. The van der Waals surface area contributed by atoms with Gasteiger partial charge in [0.15, 0.2) is 9.84 Å². The van der Waals surface area contributed by atoms with Gasteiger partial charge in [0.2, 0.25) is 0 Å². The molecule has 0 spiro atoms. The van der Waals surface area contributed by atoms with Crippen molar-refractivity contribution in [3.05, 3.63) is 41.7 Å². The highest BCUT2D eigenvalue weighted by Crippen LogP contribution is 2.55. The summed E-state index contributed by atoms with van der Waals surface area (Å²) in [7, 11) is -3.80. The quantitative estimate of drug-likeness (QED) is 0.760. The van der Waals surface area contributed by atoms with Crippen LogP contribution in [0, 0.1) is 17.8 Å². The van der Waals surface area contributed by atoms with Crippen molar-refractivity contribution in [1.82, 2.24) is 5.32 Å². The van der Waals surface area contributed by atoms with Gasteiger partial charge in [-0.3, -0.25) is 4.79 Å². The van der Waals surface area contributed by atoms with Crippen LogP contribution >= 0.6 is 0 Å². The number of amides is 1. The summed E-state index contributed by atoms with van der Waals surface area (Å²) in [4.78, 5) is 12.8. The van der Waals surface area contributed by atoms with Gasteiger partial charge in [0.1, 0.15) is 11.6 Å². The zero-order chi connectivity index (χ0) is 19.9. The fourth-order valence-electron chi connectivity index (χ4n) is 5.84. The molecule has 1 aromatic carbocycles. The summed E-state index contributed by atoms with van der Waals surface area (Å²) in [5.41, 5.74) is 5.55. The number of hydrogen-bond acceptors (Lipinski definition) is 4. The lowest BCUT2D eigenvalue weighted by atomic mass is 9.53. The number of halogens is 1. The molecule has 28 heavy (non-hydrogen) atoms. The molecule has 0 radical (unpaired) electrons. The van der Waals surface area contributed by atoms with Crippen LogP contribution in [0.5, 0.6) is 0 Å². The first-order valence-corrected chi connectivity index (χ1v) is 11.6. The molecule has 152 valence electrons. The standard InChI is InChI=1S/C21H27FN2O3S/c22-18(5-6-23)13-28(26,27)19-3-1-17(2-4-19)20(25)24-21-10-14-7-15(11-21)9-16(8-14)12-21/h1-5,14-16H,6-13,23H2,(H,24,25)/b18-5-. The number of carbonyl (C=O) groups excluding carboxylic acids is 1. The normalized spacial score (nSPS) is 31.8. The molecule has 4 saturated carbocycles. The minimum Gasteiger partial charge on any atom is -0.347 e. The summed E-state index contributed by atoms with van der Waals surface area (Å²) in [5, 5.41) is 3.28. The molecule has 3 N–H and O–H groups in total. The number of nitrogens with one attached hydrogen (secondary N) is 1. The Morgan fingerprint density at radius 3 is 2.14 bits per heavy atom. The van der Waals surface area contributed by atoms with Gasteiger partial charge < -0.3 is 11.1 Å². The third kappa shape index (κ3) is 3.87. The molecule has 5 nitrogen and oxygen atoms in total. The molecule has 0 atom stereocenters. The first-order valence-electron chi connectivity index (χ1n) is 9.98. The Bertz CT molecular complexity index is 857. The summed E-state index contributed by atoms with van der Waals surface area (Å²) in [6, 6.07) is 5.76. The number of carbonyl (C=O) groups is 1. The predicted octanol–water partition coefficient (Wildman–Crippen LogP) is 2.97. The summed E-state index contributed by atoms with van der Waals surface area (Å²) in [6.07, 6.45) is 8.13. The molecule has 4 fully saturated rings. The number of nitrogens with two attached hydrogens (primary N) is 1. The van der Waals surface area contributed by atoms with E-state index in [4.69, 9.17) is 5.73 Å². The van der Waals surface area contributed by atoms with E-state index in [1.54, 1.807) is 0 Å². The lowest BCUT2D eigenvalue weighted by Crippen LogP contribution is -2.59. The van der Waals surface area contributed by atoms with Crippen LogP contribution in [0.3, 0.4) is 0 Å². The van der Waals surface area contributed by atoms with E-state index >= 15 is 0 Å². The monoisotopic (exact) mass is 406 g/mol. The Kier molecular flexibility index (Phi) is 5.08. The molecule has 7 heteroatoms. The number of sulfone groups is 1. The van der Waals surface area contributed by atoms with Crippen LogP contribution in [0.25, 0.3) is 0 Å². The fourth-order valence-corrected chi connectivity index (χ4v) is 7.04. The maximum Gasteiger partial charge on any atom is 0.251 e. The van der Waals surface area contributed by atoms with Gasteiger partial charge >= 0.3 is 0 Å². The molecule has 0 aliphatic heterocycles. The van der Waals surface area contributed by atoms with E-state index in [-0.39, 0.29) is 22.9 Å². The lowest BCUT2D eigenvalue weighted by Gasteiger charge is -2.56. The van der Waals surface area contributed by atoms with E-state index in [0.717, 1.165) is 43.1 Å². The molecule has 4 aliphatic rings. The third-order valence-electron chi connectivity index (χ3n) is 6.56. The second-order valence-corrected chi connectivity index (χ2v) is 10.8. The topological polar surface area (TPSA) is 89.3 Å². The van der Waals surface area contributed by atoms with Crippen LogP contribution < -0.4 is 11.1 Å². The minimum absolute atomic E-state index is 0.000532. The highest BCUT2D eigenvalue weighted by molar-refractivity contribution is 7.91. The average molecular weight is 407 g/mol. The summed E-state index contributed by atoms with van der Waals surface area (Å²) >= 11 is 0. The van der Waals surface area contributed by atoms with E-state index in [2.05, 4.69) is 5.32 Å². The molecule has 1 aromatic rings. The van der Waals surface area contributed by atoms with E-state index < -0.39 is 21.4 Å². The van der Waals surface area contributed by atoms with Crippen molar-refractivity contribution in [3.8, 4) is 0 Å². The Morgan fingerprint density at radius 1 is 1.11 bits per heavy atom. The Labute approximate surface area is 165 Å². The first-order chi connectivity index (χ1) is 13.3. The van der Waals surface area contributed by atoms with Crippen molar-refractivity contribution in [2.45, 2.75) is 49.0 Å². The maximum absolute atomic E-state index is 13.5. The van der Waals surface area contributed by atoms with Crippen molar-refractivity contribution >= 4 is 15.7 Å². The van der Waals surface area contributed by atoms with Crippen LogP contribution in [0.1, 0.15) is 48.9 Å². The average Bonchev–Trinajstić information content (AvgIpc) is 2.60. The van der Waals surface area contributed by atoms with Crippen LogP contribution in [0.15, 0.2) is 41.1 Å². The fraction of sp³-hybridized carbons (Fsp3) is 0.571. The van der Waals surface area contributed by atoms with Gasteiger partial charge in [-0.2, -0.15) is 0 Å². The summed E-state index contributed by atoms with van der Waals surface area (Å²) in [6.45, 7) is -0.0508. The first kappa shape index (κ1) is 19.6. The summed E-state index contributed by atoms with van der Waals surface area (Å²) < 4.78 is 38.1. The largest absolute Gasteiger partial charge is 0.347 e. The second kappa shape index (κ2) is 7.26. The number of benzene rings is 1. The highest BCUT2D eigenvalue weighted by atomic mass is 32.2. The van der Waals surface area contributed by atoms with Gasteiger partial charge in [0.25, 0.3) is 5.91 Å². The molecule has 1 amide bonds. The molecular formula is C21H27FN2O3S. The molecule has 5 rings (SSSR count). The van der Waals surface area contributed by atoms with E-state index in [9.17, 15) is 17.6 Å². The molecule has 0 heterocycles. The Balaban J connectivity index is 1.45. The van der Waals surface area contributed by atoms with E-state index in [0.29, 0.717) is 5.56 Å². The number of rotatable bonds is 6. The number of hydrogen-bond donors (Lipinski definition) is 2. The molecular weight excluding hydrogens is 379 g/mol. The molecule has 0 unspecified atom stereocenters. The van der Waals surface area contributed by atoms with Crippen LogP contribution in [0.4, 0.5) is 4.39 Å². The van der Waals surface area contributed by atoms with Gasteiger partial charge in [-0.25, -0.2) is 12.8 Å². The highest BCUT2D eigenvalue weighted by Gasteiger charge is 2.51. The molecule has 4 bridgehead atoms. The predicted molar refractivity (Wildman–Crippen MR) is 105 cm³/mol. The minimum atomic E-state index is -3.80. The maximum atomic E-state index is 13.5. The Hall–Kier alpha value is -1.73. The van der Waals surface area contributed by atoms with Gasteiger partial charge in [0.05, 0.1) is 4.90 Å². The molecule has 0 aromatic heterocycles. The summed E-state index contributed by atoms with van der Waals surface area (Å²) in [5.74, 6) is 0.552. The van der Waals surface area contributed by atoms with Crippen molar-refractivity contribution < 1.29 is 17.6 Å². The van der Waals surface area contributed by atoms with E-state index in [1.807, 2.05) is 0 Å². The van der Waals surface area contributed by atoms with Crippen LogP contribution in [0.2, 0.25) is 0 Å². The van der Waals surface area contributed by atoms with Gasteiger partial charge in [-0.1, -0.05) is 0 Å². The van der Waals surface area contributed by atoms with Crippen molar-refractivity contribution in [2.24, 2.45) is 23.5 Å². The zero-order valence-electron chi connectivity index (χ0n) is 15.9. The second-order valence-electron chi connectivity index (χ2n) is 8.82. The third-order valence-corrected chi connectivity index (χ3v) is 8.21. The van der Waals surface area contributed by atoms with Crippen molar-refractivity contribution in [2.75, 3.05) is 12.3 Å². The van der Waals surface area contributed by atoms with Gasteiger partial charge in [-0.05, 0) is 86.6 Å². The smallest absolute Gasteiger partial charge is 0.251 e. The van der Waals surface area contributed by atoms with Gasteiger partial charge in [-0.15, -0.1) is 0 Å². The van der Waals surface area contributed by atoms with Crippen molar-refractivity contribution in [3.63, 3.8) is 0 Å². The van der Waals surface area contributed by atoms with Crippen LogP contribution in [-0.4, -0.2) is 32.2 Å². The molecule has 0 saturated heterocycles. The van der Waals surface area contributed by atoms with E-state index in [1.165, 1.54) is 43.5 Å². The van der Waals surface area contributed by atoms with Crippen LogP contribution in [-0.2, 0) is 9.84 Å². The van der Waals surface area contributed by atoms with Gasteiger partial charge in [0, 0.05) is 17.6 Å². The zero-order valence-corrected chi connectivity index (χ0v) is 16.7. The lowest BCUT2D eigenvalue weighted by molar-refractivity contribution is -0.0167. The molecule has 4 aliphatic carbocycles. The van der Waals surface area contributed by atoms with Crippen molar-refractivity contribution in [1.29, 1.82) is 0 Å². The SMILES string of the molecule is NC/C=C(\F)CS(=O)(=O)c1ccc(C(=O)NC23CC4CC(CC(C4)C2)C3)cc1.